The van der Waals surface area contributed by atoms with Gasteiger partial charge in [0.1, 0.15) is 12.1 Å². The Hall–Kier alpha value is -2.64. The number of benzene rings is 1. The molecule has 0 aliphatic heterocycles. The number of fused-ring (bicyclic) bond motifs is 2. The Labute approximate surface area is 135 Å². The molecule has 0 amide bonds. The molecule has 0 fully saturated rings. The maximum absolute atomic E-state index is 12.8. The minimum Gasteiger partial charge on any atom is -0.366 e. The Balaban J connectivity index is 1.60. The second-order valence-corrected chi connectivity index (χ2v) is 5.99. The van der Waals surface area contributed by atoms with Gasteiger partial charge in [0.25, 0.3) is 5.78 Å². The highest BCUT2D eigenvalue weighted by molar-refractivity contribution is 5.48. The first kappa shape index (κ1) is 14.9. The van der Waals surface area contributed by atoms with Crippen molar-refractivity contribution >= 4 is 11.6 Å². The van der Waals surface area contributed by atoms with E-state index >= 15 is 0 Å². The molecule has 8 heteroatoms. The van der Waals surface area contributed by atoms with Crippen molar-refractivity contribution in [2.45, 2.75) is 32.0 Å². The van der Waals surface area contributed by atoms with Crippen LogP contribution in [-0.4, -0.2) is 25.6 Å². The maximum Gasteiger partial charge on any atom is 0.416 e. The number of halogens is 3. The molecule has 2 heterocycles. The van der Waals surface area contributed by atoms with Gasteiger partial charge in [0.05, 0.1) is 5.56 Å². The molecule has 0 spiro atoms. The number of rotatable bonds is 2. The summed E-state index contributed by atoms with van der Waals surface area (Å²) < 4.78 is 40.1. The molecule has 1 aromatic carbocycles. The highest BCUT2D eigenvalue weighted by atomic mass is 19.4. The number of hydrogen-bond acceptors (Lipinski definition) is 4. The van der Waals surface area contributed by atoms with Gasteiger partial charge in [0.15, 0.2) is 0 Å². The summed E-state index contributed by atoms with van der Waals surface area (Å²) in [7, 11) is 0. The number of hydrogen-bond donors (Lipinski definition) is 1. The van der Waals surface area contributed by atoms with E-state index in [9.17, 15) is 13.2 Å². The summed E-state index contributed by atoms with van der Waals surface area (Å²) in [6.07, 6.45) is -1.68. The van der Waals surface area contributed by atoms with Crippen molar-refractivity contribution in [1.82, 2.24) is 19.6 Å². The molecule has 1 unspecified atom stereocenters. The summed E-state index contributed by atoms with van der Waals surface area (Å²) in [6, 6.07) is 5.83. The summed E-state index contributed by atoms with van der Waals surface area (Å²) in [6.45, 7) is 1.86. The van der Waals surface area contributed by atoms with Crippen LogP contribution < -0.4 is 5.32 Å². The Morgan fingerprint density at radius 3 is 2.75 bits per heavy atom. The average molecular weight is 333 g/mol. The van der Waals surface area contributed by atoms with Gasteiger partial charge in [-0.15, -0.1) is 0 Å². The highest BCUT2D eigenvalue weighted by Gasteiger charge is 2.32. The van der Waals surface area contributed by atoms with Gasteiger partial charge in [-0.3, -0.25) is 0 Å². The third-order valence-electron chi connectivity index (χ3n) is 4.20. The smallest absolute Gasteiger partial charge is 0.366 e. The van der Waals surface area contributed by atoms with Crippen LogP contribution in [-0.2, 0) is 19.0 Å². The molecular formula is C16H14F3N5. The predicted molar refractivity (Wildman–Crippen MR) is 81.8 cm³/mol. The Kier molecular flexibility index (Phi) is 3.22. The Morgan fingerprint density at radius 1 is 1.17 bits per heavy atom. The monoisotopic (exact) mass is 333 g/mol. The van der Waals surface area contributed by atoms with Crippen molar-refractivity contribution in [2.24, 2.45) is 0 Å². The zero-order chi connectivity index (χ0) is 16.9. The van der Waals surface area contributed by atoms with Gasteiger partial charge in [0, 0.05) is 17.8 Å². The van der Waals surface area contributed by atoms with Crippen molar-refractivity contribution in [3.05, 3.63) is 53.0 Å². The summed E-state index contributed by atoms with van der Waals surface area (Å²) in [5.74, 6) is 1.23. The molecule has 4 rings (SSSR count). The van der Waals surface area contributed by atoms with Crippen LogP contribution in [0, 0.1) is 6.92 Å². The molecule has 1 atom stereocenters. The van der Waals surface area contributed by atoms with E-state index in [0.717, 1.165) is 28.7 Å². The second kappa shape index (κ2) is 5.19. The molecule has 0 bridgehead atoms. The van der Waals surface area contributed by atoms with Crippen LogP contribution in [0.5, 0.6) is 0 Å². The van der Waals surface area contributed by atoms with E-state index < -0.39 is 11.7 Å². The van der Waals surface area contributed by atoms with Crippen LogP contribution in [0.3, 0.4) is 0 Å². The SMILES string of the molecule is Cc1cc(NC2Cc3ccc(C(F)(F)F)cc3C2)n2ncnc2n1. The van der Waals surface area contributed by atoms with Crippen LogP contribution in [0.1, 0.15) is 22.4 Å². The van der Waals surface area contributed by atoms with Gasteiger partial charge in [0.2, 0.25) is 0 Å². The molecular weight excluding hydrogens is 319 g/mol. The fourth-order valence-electron chi connectivity index (χ4n) is 3.14. The Bertz CT molecular complexity index is 916. The van der Waals surface area contributed by atoms with Crippen molar-refractivity contribution in [3.8, 4) is 0 Å². The first-order chi connectivity index (χ1) is 11.4. The van der Waals surface area contributed by atoms with Gasteiger partial charge in [-0.1, -0.05) is 6.07 Å². The fourth-order valence-corrected chi connectivity index (χ4v) is 3.14. The van der Waals surface area contributed by atoms with Gasteiger partial charge in [-0.05, 0) is 43.0 Å². The predicted octanol–water partition coefficient (Wildman–Crippen LogP) is 3.03. The van der Waals surface area contributed by atoms with Crippen LogP contribution in [0.2, 0.25) is 0 Å². The molecule has 1 aliphatic rings. The van der Waals surface area contributed by atoms with E-state index in [4.69, 9.17) is 0 Å². The third-order valence-corrected chi connectivity index (χ3v) is 4.20. The lowest BCUT2D eigenvalue weighted by atomic mass is 10.1. The summed E-state index contributed by atoms with van der Waals surface area (Å²) >= 11 is 0. The average Bonchev–Trinajstić information content (AvgIpc) is 3.10. The number of aromatic nitrogens is 4. The molecule has 5 nitrogen and oxygen atoms in total. The molecule has 0 saturated carbocycles. The first-order valence-corrected chi connectivity index (χ1v) is 7.53. The lowest BCUT2D eigenvalue weighted by Gasteiger charge is -2.14. The van der Waals surface area contributed by atoms with E-state index in [1.54, 1.807) is 10.6 Å². The van der Waals surface area contributed by atoms with E-state index in [1.807, 2.05) is 13.0 Å². The van der Waals surface area contributed by atoms with E-state index in [1.165, 1.54) is 12.4 Å². The zero-order valence-corrected chi connectivity index (χ0v) is 12.8. The number of nitrogens with zero attached hydrogens (tertiary/aromatic N) is 4. The number of aryl methyl sites for hydroxylation is 1. The summed E-state index contributed by atoms with van der Waals surface area (Å²) in [5.41, 5.74) is 1.89. The molecule has 3 aromatic rings. The summed E-state index contributed by atoms with van der Waals surface area (Å²) in [5, 5.41) is 7.48. The zero-order valence-electron chi connectivity index (χ0n) is 12.8. The quantitative estimate of drug-likeness (QED) is 0.783. The fraction of sp³-hybridized carbons (Fsp3) is 0.312. The molecule has 1 aliphatic carbocycles. The second-order valence-electron chi connectivity index (χ2n) is 5.99. The lowest BCUT2D eigenvalue weighted by Crippen LogP contribution is -2.21. The molecule has 0 radical (unpaired) electrons. The normalized spacial score (nSPS) is 17.2. The van der Waals surface area contributed by atoms with Crippen LogP contribution >= 0.6 is 0 Å². The lowest BCUT2D eigenvalue weighted by molar-refractivity contribution is -0.137. The van der Waals surface area contributed by atoms with Crippen LogP contribution in [0.15, 0.2) is 30.6 Å². The Morgan fingerprint density at radius 2 is 1.96 bits per heavy atom. The van der Waals surface area contributed by atoms with Gasteiger partial charge >= 0.3 is 6.18 Å². The molecule has 1 N–H and O–H groups in total. The third kappa shape index (κ3) is 2.57. The number of alkyl halides is 3. The standard InChI is InChI=1S/C16H14F3N5/c1-9-4-14(24-15(22-9)20-8-21-24)23-13-6-10-2-3-12(16(17,18)19)5-11(10)7-13/h2-5,8,13,23H,6-7H2,1H3. The summed E-state index contributed by atoms with van der Waals surface area (Å²) in [4.78, 5) is 8.34. The number of anilines is 1. The van der Waals surface area contributed by atoms with Gasteiger partial charge in [-0.25, -0.2) is 4.98 Å². The highest BCUT2D eigenvalue weighted by Crippen LogP contribution is 2.33. The van der Waals surface area contributed by atoms with Crippen molar-refractivity contribution in [1.29, 1.82) is 0 Å². The van der Waals surface area contributed by atoms with Crippen LogP contribution in [0.25, 0.3) is 5.78 Å². The van der Waals surface area contributed by atoms with Gasteiger partial charge in [-0.2, -0.15) is 27.8 Å². The van der Waals surface area contributed by atoms with E-state index in [-0.39, 0.29) is 6.04 Å². The first-order valence-electron chi connectivity index (χ1n) is 7.53. The van der Waals surface area contributed by atoms with Crippen molar-refractivity contribution in [2.75, 3.05) is 5.32 Å². The topological polar surface area (TPSA) is 55.1 Å². The van der Waals surface area contributed by atoms with E-state index in [2.05, 4.69) is 20.4 Å². The molecule has 0 saturated heterocycles. The van der Waals surface area contributed by atoms with Crippen molar-refractivity contribution in [3.63, 3.8) is 0 Å². The minimum absolute atomic E-state index is 0.0117. The van der Waals surface area contributed by atoms with Gasteiger partial charge < -0.3 is 5.32 Å². The maximum atomic E-state index is 12.8. The van der Waals surface area contributed by atoms with Crippen molar-refractivity contribution < 1.29 is 13.2 Å². The molecule has 24 heavy (non-hydrogen) atoms. The van der Waals surface area contributed by atoms with E-state index in [0.29, 0.717) is 18.6 Å². The number of nitrogens with one attached hydrogen (secondary N) is 1. The minimum atomic E-state index is -4.31. The largest absolute Gasteiger partial charge is 0.416 e. The van der Waals surface area contributed by atoms with Crippen LogP contribution in [0.4, 0.5) is 19.0 Å². The molecule has 124 valence electrons. The molecule has 2 aromatic heterocycles.